The third-order valence-electron chi connectivity index (χ3n) is 6.16. The molecule has 1 aliphatic carbocycles. The van der Waals surface area contributed by atoms with Gasteiger partial charge in [0.2, 0.25) is 5.91 Å². The lowest BCUT2D eigenvalue weighted by Crippen LogP contribution is -2.50. The maximum Gasteiger partial charge on any atom is 0.226 e. The monoisotopic (exact) mass is 278 g/mol. The van der Waals surface area contributed by atoms with Gasteiger partial charge in [-0.05, 0) is 51.1 Å². The summed E-state index contributed by atoms with van der Waals surface area (Å²) in [5.74, 6) is 0.952. The molecule has 2 heterocycles. The van der Waals surface area contributed by atoms with Crippen LogP contribution in [0.15, 0.2) is 0 Å². The van der Waals surface area contributed by atoms with E-state index in [1.54, 1.807) is 0 Å². The topological polar surface area (TPSA) is 32.3 Å². The molecule has 3 nitrogen and oxygen atoms in total. The Kier molecular flexibility index (Phi) is 4.34. The summed E-state index contributed by atoms with van der Waals surface area (Å²) >= 11 is 0. The standard InChI is InChI=1S/C17H30N2O/c1-2-6-14-13-18-16(20)17(14)9-11-19(12-10-17)15-7-4-3-5-8-15/h14-15H,2-13H2,1H3,(H,18,20). The van der Waals surface area contributed by atoms with Gasteiger partial charge in [0.05, 0.1) is 5.41 Å². The second kappa shape index (κ2) is 6.05. The largest absolute Gasteiger partial charge is 0.355 e. The first-order valence-corrected chi connectivity index (χ1v) is 8.78. The van der Waals surface area contributed by atoms with Crippen molar-refractivity contribution in [2.24, 2.45) is 11.3 Å². The van der Waals surface area contributed by atoms with E-state index in [0.717, 1.165) is 38.5 Å². The third-order valence-corrected chi connectivity index (χ3v) is 6.16. The Bertz CT molecular complexity index is 341. The van der Waals surface area contributed by atoms with Crippen LogP contribution in [0, 0.1) is 11.3 Å². The molecule has 3 aliphatic rings. The maximum absolute atomic E-state index is 12.4. The number of rotatable bonds is 3. The van der Waals surface area contributed by atoms with E-state index in [9.17, 15) is 4.79 Å². The Morgan fingerprint density at radius 2 is 1.90 bits per heavy atom. The van der Waals surface area contributed by atoms with E-state index in [1.165, 1.54) is 44.9 Å². The van der Waals surface area contributed by atoms with Gasteiger partial charge in [0.15, 0.2) is 0 Å². The van der Waals surface area contributed by atoms with E-state index in [0.29, 0.717) is 11.8 Å². The fourth-order valence-electron chi connectivity index (χ4n) is 4.87. The number of amides is 1. The molecular weight excluding hydrogens is 248 g/mol. The van der Waals surface area contributed by atoms with Gasteiger partial charge in [-0.3, -0.25) is 4.79 Å². The lowest BCUT2D eigenvalue weighted by molar-refractivity contribution is -0.132. The van der Waals surface area contributed by atoms with Crippen LogP contribution >= 0.6 is 0 Å². The molecule has 1 unspecified atom stereocenters. The van der Waals surface area contributed by atoms with Gasteiger partial charge in [-0.2, -0.15) is 0 Å². The van der Waals surface area contributed by atoms with Gasteiger partial charge in [0.1, 0.15) is 0 Å². The summed E-state index contributed by atoms with van der Waals surface area (Å²) in [7, 11) is 0. The number of carbonyl (C=O) groups is 1. The lowest BCUT2D eigenvalue weighted by atomic mass is 9.68. The molecule has 0 aromatic heterocycles. The number of hydrogen-bond acceptors (Lipinski definition) is 2. The van der Waals surface area contributed by atoms with Crippen molar-refractivity contribution in [2.45, 2.75) is 70.8 Å². The summed E-state index contributed by atoms with van der Waals surface area (Å²) in [5.41, 5.74) is -0.0127. The van der Waals surface area contributed by atoms with Crippen molar-refractivity contribution in [3.8, 4) is 0 Å². The van der Waals surface area contributed by atoms with E-state index in [1.807, 2.05) is 0 Å². The predicted molar refractivity (Wildman–Crippen MR) is 81.5 cm³/mol. The molecule has 114 valence electrons. The van der Waals surface area contributed by atoms with Gasteiger partial charge >= 0.3 is 0 Å². The maximum atomic E-state index is 12.4. The number of piperidine rings is 1. The zero-order valence-electron chi connectivity index (χ0n) is 13.0. The van der Waals surface area contributed by atoms with Crippen LogP contribution in [0.5, 0.6) is 0 Å². The molecule has 0 bridgehead atoms. The Balaban J connectivity index is 1.62. The van der Waals surface area contributed by atoms with Crippen LogP contribution in [-0.4, -0.2) is 36.5 Å². The molecule has 0 aromatic rings. The minimum absolute atomic E-state index is 0.0127. The van der Waals surface area contributed by atoms with Crippen LogP contribution in [0.4, 0.5) is 0 Å². The van der Waals surface area contributed by atoms with Gasteiger partial charge in [0, 0.05) is 12.6 Å². The van der Waals surface area contributed by atoms with Crippen LogP contribution in [0.1, 0.15) is 64.7 Å². The minimum Gasteiger partial charge on any atom is -0.355 e. The van der Waals surface area contributed by atoms with Crippen LogP contribution < -0.4 is 5.32 Å². The van der Waals surface area contributed by atoms with Gasteiger partial charge in [-0.25, -0.2) is 0 Å². The zero-order chi connectivity index (χ0) is 14.0. The van der Waals surface area contributed by atoms with Crippen molar-refractivity contribution < 1.29 is 4.79 Å². The second-order valence-corrected chi connectivity index (χ2v) is 7.18. The normalized spacial score (nSPS) is 31.6. The number of nitrogens with one attached hydrogen (secondary N) is 1. The summed E-state index contributed by atoms with van der Waals surface area (Å²) < 4.78 is 0. The van der Waals surface area contributed by atoms with Gasteiger partial charge in [-0.1, -0.05) is 32.6 Å². The Morgan fingerprint density at radius 3 is 2.55 bits per heavy atom. The van der Waals surface area contributed by atoms with Crippen molar-refractivity contribution in [1.82, 2.24) is 10.2 Å². The first kappa shape index (κ1) is 14.4. The number of carbonyl (C=O) groups excluding carboxylic acids is 1. The summed E-state index contributed by atoms with van der Waals surface area (Å²) in [4.78, 5) is 15.1. The average Bonchev–Trinajstić information content (AvgIpc) is 2.79. The van der Waals surface area contributed by atoms with E-state index >= 15 is 0 Å². The highest BCUT2D eigenvalue weighted by Gasteiger charge is 2.51. The molecule has 2 aliphatic heterocycles. The first-order chi connectivity index (χ1) is 9.76. The van der Waals surface area contributed by atoms with Crippen molar-refractivity contribution in [3.05, 3.63) is 0 Å². The van der Waals surface area contributed by atoms with Gasteiger partial charge in [-0.15, -0.1) is 0 Å². The molecule has 3 heteroatoms. The molecule has 0 aromatic carbocycles. The van der Waals surface area contributed by atoms with Crippen molar-refractivity contribution in [1.29, 1.82) is 0 Å². The smallest absolute Gasteiger partial charge is 0.226 e. The highest BCUT2D eigenvalue weighted by Crippen LogP contribution is 2.45. The molecule has 0 radical (unpaired) electrons. The van der Waals surface area contributed by atoms with Crippen LogP contribution in [-0.2, 0) is 4.79 Å². The summed E-state index contributed by atoms with van der Waals surface area (Å²) in [5, 5.41) is 3.15. The molecule has 1 spiro atoms. The number of likely N-dealkylation sites (tertiary alicyclic amines) is 1. The SMILES string of the molecule is CCCC1CNC(=O)C12CCN(C1CCCCC1)CC2. The Hall–Kier alpha value is -0.570. The fourth-order valence-corrected chi connectivity index (χ4v) is 4.87. The van der Waals surface area contributed by atoms with Crippen LogP contribution in [0.25, 0.3) is 0 Å². The highest BCUT2D eigenvalue weighted by atomic mass is 16.2. The van der Waals surface area contributed by atoms with Crippen LogP contribution in [0.3, 0.4) is 0 Å². The third kappa shape index (κ3) is 2.49. The Morgan fingerprint density at radius 1 is 1.20 bits per heavy atom. The van der Waals surface area contributed by atoms with E-state index in [2.05, 4.69) is 17.1 Å². The summed E-state index contributed by atoms with van der Waals surface area (Å²) in [6.07, 6.45) is 11.6. The average molecular weight is 278 g/mol. The van der Waals surface area contributed by atoms with Crippen molar-refractivity contribution >= 4 is 5.91 Å². The lowest BCUT2D eigenvalue weighted by Gasteiger charge is -2.44. The van der Waals surface area contributed by atoms with E-state index in [4.69, 9.17) is 0 Å². The molecule has 20 heavy (non-hydrogen) atoms. The van der Waals surface area contributed by atoms with Gasteiger partial charge in [0.25, 0.3) is 0 Å². The molecular formula is C17H30N2O. The summed E-state index contributed by atoms with van der Waals surface area (Å²) in [6, 6.07) is 0.815. The number of nitrogens with zero attached hydrogens (tertiary/aromatic N) is 1. The molecule has 3 fully saturated rings. The first-order valence-electron chi connectivity index (χ1n) is 8.78. The van der Waals surface area contributed by atoms with Crippen LogP contribution in [0.2, 0.25) is 0 Å². The van der Waals surface area contributed by atoms with Gasteiger partial charge < -0.3 is 10.2 Å². The molecule has 2 saturated heterocycles. The predicted octanol–water partition coefficient (Wildman–Crippen LogP) is 2.95. The second-order valence-electron chi connectivity index (χ2n) is 7.18. The molecule has 1 saturated carbocycles. The van der Waals surface area contributed by atoms with E-state index in [-0.39, 0.29) is 5.41 Å². The fraction of sp³-hybridized carbons (Fsp3) is 0.941. The summed E-state index contributed by atoms with van der Waals surface area (Å²) in [6.45, 7) is 5.47. The van der Waals surface area contributed by atoms with Crippen molar-refractivity contribution in [2.75, 3.05) is 19.6 Å². The quantitative estimate of drug-likeness (QED) is 0.861. The zero-order valence-corrected chi connectivity index (χ0v) is 13.0. The van der Waals surface area contributed by atoms with Crippen molar-refractivity contribution in [3.63, 3.8) is 0 Å². The molecule has 1 atom stereocenters. The minimum atomic E-state index is -0.0127. The molecule has 1 N–H and O–H groups in total. The highest BCUT2D eigenvalue weighted by molar-refractivity contribution is 5.85. The molecule has 3 rings (SSSR count). The number of hydrogen-bond donors (Lipinski definition) is 1. The molecule has 1 amide bonds. The van der Waals surface area contributed by atoms with E-state index < -0.39 is 0 Å². The Labute approximate surface area is 123 Å².